The van der Waals surface area contributed by atoms with Crippen LogP contribution in [0.2, 0.25) is 0 Å². The maximum Gasteiger partial charge on any atom is 0.120 e. The molecule has 4 heteroatoms. The first-order valence-corrected chi connectivity index (χ1v) is 7.68. The number of rotatable bonds is 4. The normalized spacial score (nSPS) is 23.5. The van der Waals surface area contributed by atoms with Gasteiger partial charge in [-0.05, 0) is 44.0 Å². The lowest BCUT2D eigenvalue weighted by Gasteiger charge is -2.26. The Morgan fingerprint density at radius 2 is 2.05 bits per heavy atom. The molecule has 0 saturated carbocycles. The topological polar surface area (TPSA) is 41.7 Å². The second-order valence-corrected chi connectivity index (χ2v) is 5.83. The summed E-state index contributed by atoms with van der Waals surface area (Å²) in [5.74, 6) is 0.918. The van der Waals surface area contributed by atoms with Crippen LogP contribution in [-0.4, -0.2) is 44.2 Å². The van der Waals surface area contributed by atoms with Crippen molar-refractivity contribution in [3.63, 3.8) is 0 Å². The Balaban J connectivity index is 1.76. The molecule has 20 heavy (non-hydrogen) atoms. The van der Waals surface area contributed by atoms with Crippen LogP contribution in [0.15, 0.2) is 18.2 Å². The van der Waals surface area contributed by atoms with Gasteiger partial charge in [0.1, 0.15) is 5.75 Å². The van der Waals surface area contributed by atoms with Crippen LogP contribution >= 0.6 is 0 Å². The largest absolute Gasteiger partial charge is 0.497 e. The Bertz CT molecular complexity index is 457. The molecular weight excluding hydrogens is 250 g/mol. The van der Waals surface area contributed by atoms with Gasteiger partial charge in [-0.3, -0.25) is 4.90 Å². The first-order valence-electron chi connectivity index (χ1n) is 7.68. The van der Waals surface area contributed by atoms with Crippen molar-refractivity contribution in [3.8, 4) is 5.75 Å². The van der Waals surface area contributed by atoms with Gasteiger partial charge >= 0.3 is 0 Å². The van der Waals surface area contributed by atoms with Crippen LogP contribution in [-0.2, 0) is 6.54 Å². The monoisotopic (exact) mass is 275 g/mol. The van der Waals surface area contributed by atoms with Crippen LogP contribution in [0.1, 0.15) is 24.8 Å². The number of hydrogen-bond acceptors (Lipinski definition) is 4. The lowest BCUT2D eigenvalue weighted by molar-refractivity contribution is 0.260. The lowest BCUT2D eigenvalue weighted by Crippen LogP contribution is -2.35. The molecule has 1 atom stereocenters. The quantitative estimate of drug-likeness (QED) is 0.910. The summed E-state index contributed by atoms with van der Waals surface area (Å²) in [6.45, 7) is 5.40. The summed E-state index contributed by atoms with van der Waals surface area (Å²) in [7, 11) is 1.72. The number of benzene rings is 1. The highest BCUT2D eigenvalue weighted by Gasteiger charge is 2.30. The van der Waals surface area contributed by atoms with E-state index in [9.17, 15) is 0 Å². The van der Waals surface area contributed by atoms with Crippen LogP contribution in [0.3, 0.4) is 0 Å². The maximum atomic E-state index is 5.89. The van der Waals surface area contributed by atoms with Crippen LogP contribution in [0.4, 0.5) is 5.69 Å². The predicted octanol–water partition coefficient (Wildman–Crippen LogP) is 1.83. The van der Waals surface area contributed by atoms with Crippen LogP contribution in [0.5, 0.6) is 5.75 Å². The van der Waals surface area contributed by atoms with Crippen molar-refractivity contribution in [2.45, 2.75) is 31.8 Å². The van der Waals surface area contributed by atoms with E-state index < -0.39 is 0 Å². The molecule has 3 rings (SSSR count). The summed E-state index contributed by atoms with van der Waals surface area (Å²) in [5.41, 5.74) is 8.36. The number of anilines is 1. The van der Waals surface area contributed by atoms with E-state index in [-0.39, 0.29) is 0 Å². The average Bonchev–Trinajstić information content (AvgIpc) is 3.17. The number of hydrogen-bond donors (Lipinski definition) is 1. The summed E-state index contributed by atoms with van der Waals surface area (Å²) in [4.78, 5) is 5.13. The second kappa shape index (κ2) is 6.02. The van der Waals surface area contributed by atoms with E-state index >= 15 is 0 Å². The molecule has 110 valence electrons. The smallest absolute Gasteiger partial charge is 0.120 e. The van der Waals surface area contributed by atoms with Crippen molar-refractivity contribution in [1.82, 2.24) is 4.90 Å². The van der Waals surface area contributed by atoms with Crippen molar-refractivity contribution >= 4 is 5.69 Å². The molecule has 0 radical (unpaired) electrons. The van der Waals surface area contributed by atoms with E-state index in [0.29, 0.717) is 12.6 Å². The van der Waals surface area contributed by atoms with Gasteiger partial charge in [-0.2, -0.15) is 0 Å². The highest BCUT2D eigenvalue weighted by atomic mass is 16.5. The zero-order valence-electron chi connectivity index (χ0n) is 12.3. The number of likely N-dealkylation sites (tertiary alicyclic amines) is 1. The van der Waals surface area contributed by atoms with Crippen molar-refractivity contribution < 1.29 is 4.74 Å². The van der Waals surface area contributed by atoms with E-state index in [0.717, 1.165) is 18.8 Å². The fourth-order valence-electron chi connectivity index (χ4n) is 3.50. The summed E-state index contributed by atoms with van der Waals surface area (Å²) in [6.07, 6.45) is 3.99. The van der Waals surface area contributed by atoms with Crippen molar-refractivity contribution in [3.05, 3.63) is 23.8 Å². The third-order valence-electron chi connectivity index (χ3n) is 4.67. The number of nitrogens with two attached hydrogens (primary N) is 1. The summed E-state index contributed by atoms with van der Waals surface area (Å²) >= 11 is 0. The van der Waals surface area contributed by atoms with Crippen molar-refractivity contribution in [2.75, 3.05) is 38.2 Å². The molecule has 2 heterocycles. The molecule has 0 aliphatic carbocycles. The molecule has 2 aliphatic heterocycles. The Kier molecular flexibility index (Phi) is 4.13. The first-order chi connectivity index (χ1) is 9.81. The molecule has 1 aromatic rings. The van der Waals surface area contributed by atoms with E-state index in [4.69, 9.17) is 10.5 Å². The Morgan fingerprint density at radius 3 is 2.75 bits per heavy atom. The van der Waals surface area contributed by atoms with Gasteiger partial charge in [0.05, 0.1) is 7.11 Å². The van der Waals surface area contributed by atoms with Crippen LogP contribution < -0.4 is 15.4 Å². The fraction of sp³-hybridized carbons (Fsp3) is 0.625. The Labute approximate surface area is 121 Å². The van der Waals surface area contributed by atoms with Gasteiger partial charge in [0.15, 0.2) is 0 Å². The highest BCUT2D eigenvalue weighted by molar-refractivity contribution is 5.58. The molecule has 1 aromatic carbocycles. The summed E-state index contributed by atoms with van der Waals surface area (Å²) in [5, 5.41) is 0. The molecule has 2 N–H and O–H groups in total. The van der Waals surface area contributed by atoms with Gasteiger partial charge in [0, 0.05) is 37.4 Å². The molecule has 2 fully saturated rings. The molecule has 4 nitrogen and oxygen atoms in total. The third-order valence-corrected chi connectivity index (χ3v) is 4.67. The highest BCUT2D eigenvalue weighted by Crippen LogP contribution is 2.30. The van der Waals surface area contributed by atoms with Gasteiger partial charge in [0.25, 0.3) is 0 Å². The number of ether oxygens (including phenoxy) is 1. The molecule has 0 aromatic heterocycles. The van der Waals surface area contributed by atoms with Crippen LogP contribution in [0.25, 0.3) is 0 Å². The average molecular weight is 275 g/mol. The molecule has 0 spiro atoms. The summed E-state index contributed by atoms with van der Waals surface area (Å²) in [6, 6.07) is 6.94. The molecular formula is C16H25N3O. The minimum atomic E-state index is 0.588. The predicted molar refractivity (Wildman–Crippen MR) is 82.3 cm³/mol. The molecule has 2 aliphatic rings. The molecule has 2 saturated heterocycles. The van der Waals surface area contributed by atoms with Gasteiger partial charge in [-0.15, -0.1) is 0 Å². The fourth-order valence-corrected chi connectivity index (χ4v) is 3.50. The van der Waals surface area contributed by atoms with Gasteiger partial charge < -0.3 is 15.4 Å². The first kappa shape index (κ1) is 13.7. The van der Waals surface area contributed by atoms with E-state index in [1.165, 1.54) is 43.6 Å². The summed E-state index contributed by atoms with van der Waals surface area (Å²) < 4.78 is 5.36. The van der Waals surface area contributed by atoms with E-state index in [1.807, 2.05) is 6.07 Å². The van der Waals surface area contributed by atoms with Gasteiger partial charge in [-0.1, -0.05) is 6.07 Å². The number of nitrogens with zero attached hydrogens (tertiary/aromatic N) is 2. The minimum absolute atomic E-state index is 0.588. The van der Waals surface area contributed by atoms with Crippen LogP contribution in [0, 0.1) is 0 Å². The molecule has 0 amide bonds. The Morgan fingerprint density at radius 1 is 1.25 bits per heavy atom. The maximum absolute atomic E-state index is 5.89. The van der Waals surface area contributed by atoms with E-state index in [2.05, 4.69) is 21.9 Å². The molecule has 0 bridgehead atoms. The van der Waals surface area contributed by atoms with Crippen molar-refractivity contribution in [2.24, 2.45) is 5.73 Å². The lowest BCUT2D eigenvalue weighted by atomic mass is 10.1. The zero-order chi connectivity index (χ0) is 13.9. The SMILES string of the molecule is COc1ccc(CN)c(N2CCC(N3CCCC3)C2)c1. The standard InChI is InChI=1S/C16H25N3O/c1-20-15-5-4-13(11-17)16(10-15)19-9-6-14(12-19)18-7-2-3-8-18/h4-5,10,14H,2-3,6-9,11-12,17H2,1H3. The Hall–Kier alpha value is -1.26. The number of methoxy groups -OCH3 is 1. The van der Waals surface area contributed by atoms with Gasteiger partial charge in [0.2, 0.25) is 0 Å². The van der Waals surface area contributed by atoms with Gasteiger partial charge in [-0.25, -0.2) is 0 Å². The van der Waals surface area contributed by atoms with E-state index in [1.54, 1.807) is 7.11 Å². The second-order valence-electron chi connectivity index (χ2n) is 5.83. The zero-order valence-corrected chi connectivity index (χ0v) is 12.3. The minimum Gasteiger partial charge on any atom is -0.497 e. The van der Waals surface area contributed by atoms with Crippen molar-refractivity contribution in [1.29, 1.82) is 0 Å². The third kappa shape index (κ3) is 2.63. The molecule has 1 unspecified atom stereocenters.